The number of carbonyl (C=O) groups is 4. The number of hydrogen-bond acceptors (Lipinski definition) is 7. The highest BCUT2D eigenvalue weighted by molar-refractivity contribution is 6.32. The molecule has 0 bridgehead atoms. The number of non-ortho nitro benzene ring substituents is 1. The van der Waals surface area contributed by atoms with Gasteiger partial charge >= 0.3 is 0 Å². The zero-order chi connectivity index (χ0) is 35.1. The molecule has 1 saturated carbocycles. The van der Waals surface area contributed by atoms with Crippen LogP contribution in [0.4, 0.5) is 17.1 Å². The fourth-order valence-electron chi connectivity index (χ4n) is 8.98. The number of carbonyl (C=O) groups excluding carboxylic acids is 4. The number of benzene rings is 4. The Labute approximate surface area is 291 Å². The molecule has 0 radical (unpaired) electrons. The number of nitro benzene ring substituents is 1. The number of aromatic hydroxyl groups is 1. The van der Waals surface area contributed by atoms with Gasteiger partial charge < -0.3 is 5.11 Å². The summed E-state index contributed by atoms with van der Waals surface area (Å²) in [6, 6.07) is 26.3. The number of phenols is 1. The standard InChI is InChI=1S/C39H30ClN3O7/c1-21-17-22(13-16-32(21)44)34-28-14-15-29-33(37(47)41(35(29)45)26-11-6-12-27(19-26)43(49)50)30(28)20-31-36(46)42(25-10-5-9-24(40)18-25)38(48)39(31,34)23-7-3-2-4-8-23/h2-14,16-19,29-31,33-34,44H,15,20H2,1H3/t29-,30+,31-,33-,34-,39+/m0/s1. The average molecular weight is 688 g/mol. The minimum absolute atomic E-state index is 0.0719. The molecule has 0 aromatic heterocycles. The van der Waals surface area contributed by atoms with Crippen molar-refractivity contribution < 1.29 is 29.2 Å². The van der Waals surface area contributed by atoms with Gasteiger partial charge in [0, 0.05) is 23.1 Å². The van der Waals surface area contributed by atoms with E-state index >= 15 is 4.79 Å². The van der Waals surface area contributed by atoms with Crippen molar-refractivity contribution >= 4 is 52.3 Å². The van der Waals surface area contributed by atoms with Crippen LogP contribution in [0.3, 0.4) is 0 Å². The van der Waals surface area contributed by atoms with Gasteiger partial charge in [-0.15, -0.1) is 0 Å². The van der Waals surface area contributed by atoms with Gasteiger partial charge in [0.25, 0.3) is 5.69 Å². The minimum Gasteiger partial charge on any atom is -0.508 e. The van der Waals surface area contributed by atoms with E-state index in [0.717, 1.165) is 10.5 Å². The lowest BCUT2D eigenvalue weighted by atomic mass is 9.49. The van der Waals surface area contributed by atoms with Gasteiger partial charge in [-0.2, -0.15) is 0 Å². The number of allylic oxidation sites excluding steroid dienone is 2. The van der Waals surface area contributed by atoms with Gasteiger partial charge in [0.2, 0.25) is 23.6 Å². The number of halogens is 1. The quantitative estimate of drug-likeness (QED) is 0.108. The Hall–Kier alpha value is -5.61. The number of imide groups is 2. The third-order valence-corrected chi connectivity index (χ3v) is 11.3. The van der Waals surface area contributed by atoms with Crippen LogP contribution in [-0.2, 0) is 24.6 Å². The summed E-state index contributed by atoms with van der Waals surface area (Å²) in [5, 5.41) is 22.5. The van der Waals surface area contributed by atoms with E-state index in [1.54, 1.807) is 43.3 Å². The van der Waals surface area contributed by atoms with E-state index in [2.05, 4.69) is 0 Å². The highest BCUT2D eigenvalue weighted by Crippen LogP contribution is 2.64. The number of rotatable bonds is 5. The van der Waals surface area contributed by atoms with Gasteiger partial charge in [0.1, 0.15) is 5.75 Å². The second-order valence-corrected chi connectivity index (χ2v) is 13.9. The number of aryl methyl sites for hydroxylation is 1. The molecular weight excluding hydrogens is 658 g/mol. The fourth-order valence-corrected chi connectivity index (χ4v) is 9.16. The molecule has 4 aromatic carbocycles. The van der Waals surface area contributed by atoms with E-state index in [4.69, 9.17) is 11.6 Å². The van der Waals surface area contributed by atoms with Gasteiger partial charge in [-0.05, 0) is 72.7 Å². The summed E-state index contributed by atoms with van der Waals surface area (Å²) in [6.07, 6.45) is 2.26. The number of anilines is 2. The second-order valence-electron chi connectivity index (χ2n) is 13.4. The van der Waals surface area contributed by atoms with Crippen LogP contribution in [0.25, 0.3) is 0 Å². The van der Waals surface area contributed by atoms with Crippen LogP contribution < -0.4 is 9.80 Å². The molecule has 2 saturated heterocycles. The molecule has 1 N–H and O–H groups in total. The molecule has 2 heterocycles. The number of nitrogens with zero attached hydrogens (tertiary/aromatic N) is 3. The van der Waals surface area contributed by atoms with Crippen molar-refractivity contribution in [3.05, 3.63) is 141 Å². The Morgan fingerprint density at radius 3 is 2.24 bits per heavy atom. The third kappa shape index (κ3) is 4.41. The first kappa shape index (κ1) is 31.6. The molecular formula is C39H30ClN3O7. The maximum Gasteiger partial charge on any atom is 0.271 e. The van der Waals surface area contributed by atoms with Crippen LogP contribution in [0.5, 0.6) is 5.75 Å². The molecule has 2 aliphatic carbocycles. The number of fused-ring (bicyclic) bond motifs is 4. The first-order valence-electron chi connectivity index (χ1n) is 16.3. The van der Waals surface area contributed by atoms with Crippen LogP contribution in [0, 0.1) is 40.7 Å². The first-order valence-corrected chi connectivity index (χ1v) is 16.7. The van der Waals surface area contributed by atoms with Crippen LogP contribution in [0.1, 0.15) is 35.4 Å². The molecule has 6 atom stereocenters. The number of phenolic OH excluding ortho intramolecular Hbond substituents is 1. The van der Waals surface area contributed by atoms with E-state index in [0.29, 0.717) is 27.4 Å². The zero-order valence-electron chi connectivity index (χ0n) is 26.7. The Balaban J connectivity index is 1.34. The van der Waals surface area contributed by atoms with Gasteiger partial charge in [0.05, 0.1) is 39.5 Å². The maximum atomic E-state index is 15.3. The van der Waals surface area contributed by atoms with Crippen molar-refractivity contribution in [2.75, 3.05) is 9.80 Å². The number of nitro groups is 1. The van der Waals surface area contributed by atoms with Crippen molar-refractivity contribution in [1.29, 1.82) is 0 Å². The lowest BCUT2D eigenvalue weighted by molar-refractivity contribution is -0.384. The minimum atomic E-state index is -1.44. The van der Waals surface area contributed by atoms with Crippen LogP contribution in [0.2, 0.25) is 5.02 Å². The van der Waals surface area contributed by atoms with Crippen molar-refractivity contribution in [1.82, 2.24) is 0 Å². The Morgan fingerprint density at radius 2 is 1.54 bits per heavy atom. The summed E-state index contributed by atoms with van der Waals surface area (Å²) in [5.41, 5.74) is 1.42. The smallest absolute Gasteiger partial charge is 0.271 e. The lowest BCUT2D eigenvalue weighted by Gasteiger charge is -2.50. The number of hydrogen-bond donors (Lipinski definition) is 1. The van der Waals surface area contributed by atoms with Gasteiger partial charge in [-0.3, -0.25) is 29.3 Å². The highest BCUT2D eigenvalue weighted by atomic mass is 35.5. The predicted octanol–water partition coefficient (Wildman–Crippen LogP) is 6.63. The van der Waals surface area contributed by atoms with E-state index in [1.165, 1.54) is 29.2 Å². The molecule has 0 unspecified atom stereocenters. The van der Waals surface area contributed by atoms with E-state index in [-0.39, 0.29) is 30.0 Å². The molecule has 3 fully saturated rings. The van der Waals surface area contributed by atoms with Crippen molar-refractivity contribution in [2.24, 2.45) is 23.7 Å². The molecule has 0 spiro atoms. The summed E-state index contributed by atoms with van der Waals surface area (Å²) in [7, 11) is 0. The largest absolute Gasteiger partial charge is 0.508 e. The average Bonchev–Trinajstić information content (AvgIpc) is 3.50. The Morgan fingerprint density at radius 1 is 0.820 bits per heavy atom. The summed E-state index contributed by atoms with van der Waals surface area (Å²) >= 11 is 6.37. The molecule has 4 amide bonds. The van der Waals surface area contributed by atoms with Gasteiger partial charge in [0.15, 0.2) is 0 Å². The second kappa shape index (κ2) is 11.5. The molecule has 2 aliphatic heterocycles. The van der Waals surface area contributed by atoms with E-state index in [1.807, 2.05) is 42.5 Å². The van der Waals surface area contributed by atoms with Crippen molar-refractivity contribution in [3.63, 3.8) is 0 Å². The SMILES string of the molecule is Cc1cc([C@H]2C3=CC[C@@H]4C(=O)N(c5cccc([N+](=O)[O-])c5)C(=O)[C@@H]4[C@@H]3C[C@H]3C(=O)N(c4cccc(Cl)c4)C(=O)[C@@]23c2ccccc2)ccc1O. The summed E-state index contributed by atoms with van der Waals surface area (Å²) in [4.78, 5) is 71.7. The van der Waals surface area contributed by atoms with Crippen LogP contribution >= 0.6 is 11.6 Å². The molecule has 250 valence electrons. The summed E-state index contributed by atoms with van der Waals surface area (Å²) in [5.74, 6) is -5.64. The normalized spacial score (nSPS) is 27.2. The van der Waals surface area contributed by atoms with Crippen molar-refractivity contribution in [2.45, 2.75) is 31.1 Å². The van der Waals surface area contributed by atoms with Crippen molar-refractivity contribution in [3.8, 4) is 5.75 Å². The Bertz CT molecular complexity index is 2190. The molecule has 4 aliphatic rings. The first-order chi connectivity index (χ1) is 24.0. The lowest BCUT2D eigenvalue weighted by Crippen LogP contribution is -2.53. The van der Waals surface area contributed by atoms with Crippen LogP contribution in [0.15, 0.2) is 109 Å². The summed E-state index contributed by atoms with van der Waals surface area (Å²) in [6.45, 7) is 1.76. The predicted molar refractivity (Wildman–Crippen MR) is 185 cm³/mol. The Kier molecular flexibility index (Phi) is 7.27. The van der Waals surface area contributed by atoms with Gasteiger partial charge in [-0.1, -0.05) is 77.8 Å². The number of amides is 4. The molecule has 4 aromatic rings. The van der Waals surface area contributed by atoms with Gasteiger partial charge in [-0.25, -0.2) is 9.80 Å². The fraction of sp³-hybridized carbons (Fsp3) is 0.231. The summed E-state index contributed by atoms with van der Waals surface area (Å²) < 4.78 is 0. The molecule has 11 heteroatoms. The molecule has 10 nitrogen and oxygen atoms in total. The third-order valence-electron chi connectivity index (χ3n) is 11.0. The van der Waals surface area contributed by atoms with E-state index < -0.39 is 63.6 Å². The monoisotopic (exact) mass is 687 g/mol. The maximum absolute atomic E-state index is 15.3. The zero-order valence-corrected chi connectivity index (χ0v) is 27.5. The highest BCUT2D eigenvalue weighted by Gasteiger charge is 2.70. The van der Waals surface area contributed by atoms with E-state index in [9.17, 15) is 29.6 Å². The topological polar surface area (TPSA) is 138 Å². The van der Waals surface area contributed by atoms with Crippen LogP contribution in [-0.4, -0.2) is 33.7 Å². The molecule has 8 rings (SSSR count). The molecule has 50 heavy (non-hydrogen) atoms.